The standard InChI is InChI=1S/C17H29N/c1-10(2)14-8-15(11(3)4)17(13(7)18)16(9-14)12(5)6/h8-13H,18H2,1-7H3/t13-/m1/s1. The fourth-order valence-electron chi connectivity index (χ4n) is 2.54. The lowest BCUT2D eigenvalue weighted by molar-refractivity contribution is 0.720. The van der Waals surface area contributed by atoms with Gasteiger partial charge in [-0.15, -0.1) is 0 Å². The maximum atomic E-state index is 6.22. The van der Waals surface area contributed by atoms with Crippen molar-refractivity contribution >= 4 is 0 Å². The molecule has 0 radical (unpaired) electrons. The second-order valence-electron chi connectivity index (χ2n) is 6.37. The Morgan fingerprint density at radius 3 is 1.33 bits per heavy atom. The van der Waals surface area contributed by atoms with Gasteiger partial charge in [-0.2, -0.15) is 0 Å². The molecular weight excluding hydrogens is 218 g/mol. The topological polar surface area (TPSA) is 26.0 Å². The highest BCUT2D eigenvalue weighted by molar-refractivity contribution is 5.45. The van der Waals surface area contributed by atoms with Gasteiger partial charge in [0.1, 0.15) is 0 Å². The molecule has 1 aromatic rings. The van der Waals surface area contributed by atoms with Crippen molar-refractivity contribution in [2.75, 3.05) is 0 Å². The first-order valence-corrected chi connectivity index (χ1v) is 7.18. The molecule has 0 saturated heterocycles. The highest BCUT2D eigenvalue weighted by Gasteiger charge is 2.19. The molecule has 1 aromatic carbocycles. The molecule has 1 nitrogen and oxygen atoms in total. The lowest BCUT2D eigenvalue weighted by atomic mass is 9.82. The van der Waals surface area contributed by atoms with E-state index in [1.807, 2.05) is 0 Å². The van der Waals surface area contributed by atoms with E-state index in [1.54, 1.807) is 0 Å². The van der Waals surface area contributed by atoms with E-state index in [0.717, 1.165) is 0 Å². The molecule has 102 valence electrons. The van der Waals surface area contributed by atoms with Crippen molar-refractivity contribution in [2.24, 2.45) is 5.73 Å². The average molecular weight is 247 g/mol. The molecule has 0 spiro atoms. The van der Waals surface area contributed by atoms with Crippen LogP contribution in [0.15, 0.2) is 12.1 Å². The van der Waals surface area contributed by atoms with Gasteiger partial charge in [0, 0.05) is 6.04 Å². The van der Waals surface area contributed by atoms with E-state index < -0.39 is 0 Å². The molecule has 0 aromatic heterocycles. The summed E-state index contributed by atoms with van der Waals surface area (Å²) in [7, 11) is 0. The van der Waals surface area contributed by atoms with Gasteiger partial charge in [0.15, 0.2) is 0 Å². The minimum Gasteiger partial charge on any atom is -0.324 e. The quantitative estimate of drug-likeness (QED) is 0.789. The molecule has 0 aliphatic rings. The third-order valence-corrected chi connectivity index (χ3v) is 3.63. The zero-order valence-electron chi connectivity index (χ0n) is 13.0. The molecule has 0 bridgehead atoms. The Balaban J connectivity index is 3.55. The summed E-state index contributed by atoms with van der Waals surface area (Å²) in [6, 6.07) is 4.83. The number of hydrogen-bond acceptors (Lipinski definition) is 1. The van der Waals surface area contributed by atoms with Gasteiger partial charge in [0.05, 0.1) is 0 Å². The van der Waals surface area contributed by atoms with Crippen LogP contribution in [0.3, 0.4) is 0 Å². The number of benzene rings is 1. The normalized spacial score (nSPS) is 13.7. The largest absolute Gasteiger partial charge is 0.324 e. The first kappa shape index (κ1) is 15.2. The highest BCUT2D eigenvalue weighted by atomic mass is 14.6. The summed E-state index contributed by atoms with van der Waals surface area (Å²) in [6.45, 7) is 15.7. The fraction of sp³-hybridized carbons (Fsp3) is 0.647. The molecule has 1 rings (SSSR count). The zero-order chi connectivity index (χ0) is 14.0. The second-order valence-corrected chi connectivity index (χ2v) is 6.37. The van der Waals surface area contributed by atoms with Gasteiger partial charge < -0.3 is 5.73 Å². The van der Waals surface area contributed by atoms with Crippen molar-refractivity contribution in [3.63, 3.8) is 0 Å². The fourth-order valence-corrected chi connectivity index (χ4v) is 2.54. The lowest BCUT2D eigenvalue weighted by Gasteiger charge is -2.25. The van der Waals surface area contributed by atoms with Gasteiger partial charge in [0.2, 0.25) is 0 Å². The summed E-state index contributed by atoms with van der Waals surface area (Å²) >= 11 is 0. The van der Waals surface area contributed by atoms with Crippen LogP contribution in [-0.2, 0) is 0 Å². The Bertz CT molecular complexity index is 371. The Morgan fingerprint density at radius 2 is 1.11 bits per heavy atom. The van der Waals surface area contributed by atoms with Gasteiger partial charge >= 0.3 is 0 Å². The van der Waals surface area contributed by atoms with E-state index in [2.05, 4.69) is 60.6 Å². The summed E-state index contributed by atoms with van der Waals surface area (Å²) in [5, 5.41) is 0. The molecular formula is C17H29N. The molecule has 1 atom stereocenters. The first-order chi connectivity index (χ1) is 8.25. The molecule has 2 N–H and O–H groups in total. The van der Waals surface area contributed by atoms with E-state index >= 15 is 0 Å². The molecule has 0 heterocycles. The van der Waals surface area contributed by atoms with Gasteiger partial charge in [-0.25, -0.2) is 0 Å². The predicted molar refractivity (Wildman–Crippen MR) is 81.3 cm³/mol. The maximum absolute atomic E-state index is 6.22. The van der Waals surface area contributed by atoms with Crippen molar-refractivity contribution in [3.8, 4) is 0 Å². The SMILES string of the molecule is CC(C)c1cc(C(C)C)c([C@@H](C)N)c(C(C)C)c1. The van der Waals surface area contributed by atoms with Gasteiger partial charge in [-0.05, 0) is 46.9 Å². The van der Waals surface area contributed by atoms with E-state index in [-0.39, 0.29) is 6.04 Å². The molecule has 1 heteroatoms. The van der Waals surface area contributed by atoms with Crippen molar-refractivity contribution < 1.29 is 0 Å². The lowest BCUT2D eigenvalue weighted by Crippen LogP contribution is -2.14. The predicted octanol–water partition coefficient (Wildman–Crippen LogP) is 5.08. The van der Waals surface area contributed by atoms with Crippen LogP contribution >= 0.6 is 0 Å². The van der Waals surface area contributed by atoms with Crippen LogP contribution in [0.5, 0.6) is 0 Å². The molecule has 0 fully saturated rings. The van der Waals surface area contributed by atoms with Crippen LogP contribution in [0.4, 0.5) is 0 Å². The average Bonchev–Trinajstić information content (AvgIpc) is 2.26. The third-order valence-electron chi connectivity index (χ3n) is 3.63. The maximum Gasteiger partial charge on any atom is 0.0271 e. The number of rotatable bonds is 4. The second kappa shape index (κ2) is 5.88. The van der Waals surface area contributed by atoms with Crippen LogP contribution < -0.4 is 5.73 Å². The van der Waals surface area contributed by atoms with Crippen LogP contribution in [0.2, 0.25) is 0 Å². The summed E-state index contributed by atoms with van der Waals surface area (Å²) in [6.07, 6.45) is 0. The Kier molecular flexibility index (Phi) is 4.98. The van der Waals surface area contributed by atoms with Crippen molar-refractivity contribution in [3.05, 3.63) is 34.4 Å². The Labute approximate surface area is 113 Å². The molecule has 0 amide bonds. The van der Waals surface area contributed by atoms with Gasteiger partial charge in [-0.3, -0.25) is 0 Å². The minimum atomic E-state index is 0.112. The van der Waals surface area contributed by atoms with E-state index in [1.165, 1.54) is 22.3 Å². The zero-order valence-corrected chi connectivity index (χ0v) is 13.0. The van der Waals surface area contributed by atoms with Crippen LogP contribution in [-0.4, -0.2) is 0 Å². The molecule has 0 aliphatic heterocycles. The van der Waals surface area contributed by atoms with E-state index in [9.17, 15) is 0 Å². The van der Waals surface area contributed by atoms with Crippen LogP contribution in [0.25, 0.3) is 0 Å². The van der Waals surface area contributed by atoms with Crippen LogP contribution in [0.1, 0.15) is 94.5 Å². The molecule has 0 aliphatic carbocycles. The van der Waals surface area contributed by atoms with Crippen molar-refractivity contribution in [2.45, 2.75) is 72.3 Å². The Morgan fingerprint density at radius 1 is 0.722 bits per heavy atom. The highest BCUT2D eigenvalue weighted by Crippen LogP contribution is 2.34. The smallest absolute Gasteiger partial charge is 0.0271 e. The summed E-state index contributed by atoms with van der Waals surface area (Å²) in [5.41, 5.74) is 11.9. The number of nitrogens with two attached hydrogens (primary N) is 1. The van der Waals surface area contributed by atoms with Gasteiger partial charge in [-0.1, -0.05) is 53.7 Å². The molecule has 18 heavy (non-hydrogen) atoms. The van der Waals surface area contributed by atoms with E-state index in [4.69, 9.17) is 5.73 Å². The summed E-state index contributed by atoms with van der Waals surface area (Å²) < 4.78 is 0. The van der Waals surface area contributed by atoms with Crippen LogP contribution in [0, 0.1) is 0 Å². The first-order valence-electron chi connectivity index (χ1n) is 7.18. The number of hydrogen-bond donors (Lipinski definition) is 1. The molecule has 0 saturated carbocycles. The third kappa shape index (κ3) is 3.14. The van der Waals surface area contributed by atoms with Crippen molar-refractivity contribution in [1.82, 2.24) is 0 Å². The van der Waals surface area contributed by atoms with E-state index in [0.29, 0.717) is 17.8 Å². The minimum absolute atomic E-state index is 0.112. The summed E-state index contributed by atoms with van der Waals surface area (Å²) in [5.74, 6) is 1.63. The molecule has 0 unspecified atom stereocenters. The summed E-state index contributed by atoms with van der Waals surface area (Å²) in [4.78, 5) is 0. The van der Waals surface area contributed by atoms with Gasteiger partial charge in [0.25, 0.3) is 0 Å². The van der Waals surface area contributed by atoms with Crippen molar-refractivity contribution in [1.29, 1.82) is 0 Å². The monoisotopic (exact) mass is 247 g/mol. The Hall–Kier alpha value is -0.820.